The molecule has 2 atom stereocenters. The zero-order valence-electron chi connectivity index (χ0n) is 7.41. The maximum atomic E-state index is 9.40. The van der Waals surface area contributed by atoms with E-state index in [2.05, 4.69) is 4.90 Å². The van der Waals surface area contributed by atoms with Gasteiger partial charge in [-0.15, -0.1) is 0 Å². The van der Waals surface area contributed by atoms with Crippen LogP contribution < -0.4 is 0 Å². The SMILES string of the molecule is OC1CCCN(C[C@H]2CO2)CC1. The van der Waals surface area contributed by atoms with Gasteiger partial charge >= 0.3 is 0 Å². The highest BCUT2D eigenvalue weighted by atomic mass is 16.6. The van der Waals surface area contributed by atoms with Crippen LogP contribution in [0.5, 0.6) is 0 Å². The van der Waals surface area contributed by atoms with E-state index in [0.29, 0.717) is 6.10 Å². The Morgan fingerprint density at radius 1 is 1.33 bits per heavy atom. The first-order valence-corrected chi connectivity index (χ1v) is 4.86. The summed E-state index contributed by atoms with van der Waals surface area (Å²) >= 11 is 0. The lowest BCUT2D eigenvalue weighted by Crippen LogP contribution is -2.29. The molecule has 70 valence electrons. The standard InChI is InChI=1S/C9H17NO2/c11-8-2-1-4-10(5-3-8)6-9-7-12-9/h8-9,11H,1-7H2/t8?,9-/m0/s1. The number of ether oxygens (including phenoxy) is 1. The lowest BCUT2D eigenvalue weighted by molar-refractivity contribution is 0.154. The van der Waals surface area contributed by atoms with E-state index in [0.717, 1.165) is 45.5 Å². The van der Waals surface area contributed by atoms with Crippen molar-refractivity contribution < 1.29 is 9.84 Å². The smallest absolute Gasteiger partial charge is 0.0936 e. The monoisotopic (exact) mass is 171 g/mol. The van der Waals surface area contributed by atoms with Crippen molar-refractivity contribution in [2.45, 2.75) is 31.5 Å². The average molecular weight is 171 g/mol. The summed E-state index contributed by atoms with van der Waals surface area (Å²) in [5.41, 5.74) is 0. The number of likely N-dealkylation sites (tertiary alicyclic amines) is 1. The molecule has 2 rings (SSSR count). The van der Waals surface area contributed by atoms with E-state index in [1.165, 1.54) is 0 Å². The summed E-state index contributed by atoms with van der Waals surface area (Å²) in [6, 6.07) is 0. The van der Waals surface area contributed by atoms with E-state index in [4.69, 9.17) is 4.74 Å². The Morgan fingerprint density at radius 2 is 2.17 bits per heavy atom. The number of rotatable bonds is 2. The van der Waals surface area contributed by atoms with Gasteiger partial charge < -0.3 is 14.7 Å². The molecule has 0 radical (unpaired) electrons. The summed E-state index contributed by atoms with van der Waals surface area (Å²) in [6.45, 7) is 4.20. The minimum atomic E-state index is -0.0601. The summed E-state index contributed by atoms with van der Waals surface area (Å²) in [4.78, 5) is 2.41. The summed E-state index contributed by atoms with van der Waals surface area (Å²) in [7, 11) is 0. The minimum absolute atomic E-state index is 0.0601. The molecule has 12 heavy (non-hydrogen) atoms. The third kappa shape index (κ3) is 2.44. The van der Waals surface area contributed by atoms with Gasteiger partial charge in [-0.3, -0.25) is 0 Å². The first kappa shape index (κ1) is 8.48. The largest absolute Gasteiger partial charge is 0.393 e. The summed E-state index contributed by atoms with van der Waals surface area (Å²) < 4.78 is 5.17. The van der Waals surface area contributed by atoms with Crippen LogP contribution in [0.2, 0.25) is 0 Å². The molecule has 0 aliphatic carbocycles. The Bertz CT molecular complexity index is 147. The quantitative estimate of drug-likeness (QED) is 0.604. The minimum Gasteiger partial charge on any atom is -0.393 e. The Kier molecular flexibility index (Phi) is 2.63. The maximum absolute atomic E-state index is 9.40. The van der Waals surface area contributed by atoms with Crippen molar-refractivity contribution >= 4 is 0 Å². The van der Waals surface area contributed by atoms with Crippen molar-refractivity contribution in [2.75, 3.05) is 26.2 Å². The van der Waals surface area contributed by atoms with E-state index < -0.39 is 0 Å². The van der Waals surface area contributed by atoms with Crippen LogP contribution in [-0.4, -0.2) is 48.5 Å². The fourth-order valence-corrected chi connectivity index (χ4v) is 1.78. The molecule has 0 spiro atoms. The van der Waals surface area contributed by atoms with Gasteiger partial charge in [-0.25, -0.2) is 0 Å². The van der Waals surface area contributed by atoms with Crippen LogP contribution >= 0.6 is 0 Å². The van der Waals surface area contributed by atoms with Gasteiger partial charge in [0, 0.05) is 13.1 Å². The van der Waals surface area contributed by atoms with E-state index in [1.54, 1.807) is 0 Å². The highest BCUT2D eigenvalue weighted by Crippen LogP contribution is 2.15. The van der Waals surface area contributed by atoms with Crippen molar-refractivity contribution in [3.63, 3.8) is 0 Å². The molecule has 2 aliphatic heterocycles. The lowest BCUT2D eigenvalue weighted by atomic mass is 10.2. The molecule has 2 saturated heterocycles. The van der Waals surface area contributed by atoms with E-state index in [-0.39, 0.29) is 6.10 Å². The molecule has 0 aromatic rings. The van der Waals surface area contributed by atoms with Crippen LogP contribution in [-0.2, 0) is 4.74 Å². The van der Waals surface area contributed by atoms with Crippen LogP contribution in [0.3, 0.4) is 0 Å². The van der Waals surface area contributed by atoms with Crippen LogP contribution in [0.4, 0.5) is 0 Å². The maximum Gasteiger partial charge on any atom is 0.0936 e. The van der Waals surface area contributed by atoms with Gasteiger partial charge in [-0.1, -0.05) is 0 Å². The molecule has 2 aliphatic rings. The predicted molar refractivity (Wildman–Crippen MR) is 46.0 cm³/mol. The topological polar surface area (TPSA) is 36.0 Å². The molecule has 3 nitrogen and oxygen atoms in total. The first-order valence-electron chi connectivity index (χ1n) is 4.86. The molecule has 1 unspecified atom stereocenters. The van der Waals surface area contributed by atoms with Crippen LogP contribution in [0.15, 0.2) is 0 Å². The second-order valence-electron chi connectivity index (χ2n) is 3.84. The van der Waals surface area contributed by atoms with Gasteiger partial charge in [0.15, 0.2) is 0 Å². The van der Waals surface area contributed by atoms with Gasteiger partial charge in [0.2, 0.25) is 0 Å². The first-order chi connectivity index (χ1) is 5.84. The molecule has 2 heterocycles. The second-order valence-corrected chi connectivity index (χ2v) is 3.84. The van der Waals surface area contributed by atoms with Gasteiger partial charge in [0.05, 0.1) is 18.8 Å². The number of aliphatic hydroxyl groups excluding tert-OH is 1. The molecular weight excluding hydrogens is 154 g/mol. The Balaban J connectivity index is 1.73. The Hall–Kier alpha value is -0.120. The van der Waals surface area contributed by atoms with Crippen molar-refractivity contribution in [3.8, 4) is 0 Å². The normalized spacial score (nSPS) is 37.8. The van der Waals surface area contributed by atoms with Gasteiger partial charge in [0.25, 0.3) is 0 Å². The Labute approximate surface area is 73.3 Å². The molecule has 2 fully saturated rings. The number of hydrogen-bond acceptors (Lipinski definition) is 3. The summed E-state index contributed by atoms with van der Waals surface area (Å²) in [5.74, 6) is 0. The number of aliphatic hydroxyl groups is 1. The second kappa shape index (κ2) is 3.73. The third-order valence-corrected chi connectivity index (χ3v) is 2.65. The zero-order valence-corrected chi connectivity index (χ0v) is 7.41. The fraction of sp³-hybridized carbons (Fsp3) is 1.00. The Morgan fingerprint density at radius 3 is 2.92 bits per heavy atom. The van der Waals surface area contributed by atoms with Crippen LogP contribution in [0.1, 0.15) is 19.3 Å². The van der Waals surface area contributed by atoms with Crippen LogP contribution in [0.25, 0.3) is 0 Å². The van der Waals surface area contributed by atoms with Gasteiger partial charge in [-0.2, -0.15) is 0 Å². The lowest BCUT2D eigenvalue weighted by Gasteiger charge is -2.17. The van der Waals surface area contributed by atoms with E-state index in [9.17, 15) is 5.11 Å². The van der Waals surface area contributed by atoms with Crippen molar-refractivity contribution in [1.29, 1.82) is 0 Å². The third-order valence-electron chi connectivity index (χ3n) is 2.65. The molecule has 3 heteroatoms. The predicted octanol–water partition coefficient (Wildman–Crippen LogP) is 0.232. The van der Waals surface area contributed by atoms with Gasteiger partial charge in [0.1, 0.15) is 0 Å². The van der Waals surface area contributed by atoms with Crippen molar-refractivity contribution in [1.82, 2.24) is 4.90 Å². The van der Waals surface area contributed by atoms with Crippen LogP contribution in [0, 0.1) is 0 Å². The number of epoxide rings is 1. The molecule has 1 N–H and O–H groups in total. The highest BCUT2D eigenvalue weighted by molar-refractivity contribution is 4.77. The number of nitrogens with zero attached hydrogens (tertiary/aromatic N) is 1. The fourth-order valence-electron chi connectivity index (χ4n) is 1.78. The molecule has 0 bridgehead atoms. The molecule has 0 aromatic heterocycles. The van der Waals surface area contributed by atoms with Gasteiger partial charge in [-0.05, 0) is 25.8 Å². The van der Waals surface area contributed by atoms with Crippen molar-refractivity contribution in [3.05, 3.63) is 0 Å². The molecule has 0 aromatic carbocycles. The number of hydrogen-bond donors (Lipinski definition) is 1. The molecule has 0 saturated carbocycles. The summed E-state index contributed by atoms with van der Waals surface area (Å²) in [6.07, 6.45) is 3.48. The average Bonchev–Trinajstić information content (AvgIpc) is 2.83. The summed E-state index contributed by atoms with van der Waals surface area (Å²) in [5, 5.41) is 9.40. The van der Waals surface area contributed by atoms with E-state index in [1.807, 2.05) is 0 Å². The van der Waals surface area contributed by atoms with E-state index >= 15 is 0 Å². The zero-order chi connectivity index (χ0) is 8.39. The molecular formula is C9H17NO2. The molecule has 0 amide bonds. The highest BCUT2D eigenvalue weighted by Gasteiger charge is 2.26. The van der Waals surface area contributed by atoms with Crippen molar-refractivity contribution in [2.24, 2.45) is 0 Å².